The third-order valence-electron chi connectivity index (χ3n) is 4.28. The van der Waals surface area contributed by atoms with Crippen molar-refractivity contribution in [2.24, 2.45) is 0 Å². The van der Waals surface area contributed by atoms with Gasteiger partial charge in [0.25, 0.3) is 0 Å². The molecule has 2 rings (SSSR count). The monoisotopic (exact) mass is 442 g/mol. The molecule has 29 heavy (non-hydrogen) atoms. The van der Waals surface area contributed by atoms with E-state index in [1.165, 1.54) is 13.8 Å². The van der Waals surface area contributed by atoms with Crippen molar-refractivity contribution in [3.05, 3.63) is 52.6 Å². The predicted molar refractivity (Wildman–Crippen MR) is 112 cm³/mol. The van der Waals surface area contributed by atoms with Crippen LogP contribution in [0.2, 0.25) is 0 Å². The number of benzene rings is 2. The zero-order chi connectivity index (χ0) is 21.6. The van der Waals surface area contributed by atoms with Crippen LogP contribution in [0.15, 0.2) is 35.2 Å². The third kappa shape index (κ3) is 6.85. The number of aryl methyl sites for hydroxylation is 2. The first-order chi connectivity index (χ1) is 13.6. The zero-order valence-electron chi connectivity index (χ0n) is 17.3. The number of rotatable bonds is 10. The second kappa shape index (κ2) is 10.3. The predicted octanol–water partition coefficient (Wildman–Crippen LogP) is 3.74. The molecule has 0 radical (unpaired) electrons. The van der Waals surface area contributed by atoms with E-state index in [-0.39, 0.29) is 24.2 Å². The lowest BCUT2D eigenvalue weighted by Crippen LogP contribution is -2.07. The molecule has 9 heteroatoms. The Morgan fingerprint density at radius 3 is 2.21 bits per heavy atom. The fraction of sp³-hybridized carbons (Fsp3) is 0.400. The molecule has 0 spiro atoms. The molecule has 0 aliphatic heterocycles. The average Bonchev–Trinajstić information content (AvgIpc) is 2.62. The molecule has 2 aromatic carbocycles. The molecule has 0 N–H and O–H groups in total. The molecule has 0 amide bonds. The van der Waals surface area contributed by atoms with Gasteiger partial charge < -0.3 is 14.2 Å². The number of hydrogen-bond donors (Lipinski definition) is 0. The van der Waals surface area contributed by atoms with Gasteiger partial charge in [0.05, 0.1) is 0 Å². The largest absolute Gasteiger partial charge is 0.467 e. The second-order valence-electron chi connectivity index (χ2n) is 6.71. The van der Waals surface area contributed by atoms with Gasteiger partial charge in [0.1, 0.15) is 16.4 Å². The first-order valence-electron chi connectivity index (χ1n) is 8.92. The topological polar surface area (TPSA) is 88.1 Å². The SMILES string of the molecule is COCOc1ccc(Cc2c(C)cc(OCO[PH](C)=O)cc2C)cc1S(C)(=O)=O. The fourth-order valence-electron chi connectivity index (χ4n) is 2.89. The third-order valence-corrected chi connectivity index (χ3v) is 5.92. The van der Waals surface area contributed by atoms with Crippen molar-refractivity contribution >= 4 is 17.9 Å². The Morgan fingerprint density at radius 2 is 1.66 bits per heavy atom. The van der Waals surface area contributed by atoms with Gasteiger partial charge in [0.2, 0.25) is 0 Å². The lowest BCUT2D eigenvalue weighted by Gasteiger charge is -2.15. The van der Waals surface area contributed by atoms with Crippen molar-refractivity contribution in [2.45, 2.75) is 25.2 Å². The van der Waals surface area contributed by atoms with Crippen LogP contribution in [0, 0.1) is 13.8 Å². The number of hydrogen-bond acceptors (Lipinski definition) is 7. The van der Waals surface area contributed by atoms with Crippen LogP contribution >= 0.6 is 8.03 Å². The van der Waals surface area contributed by atoms with Crippen molar-refractivity contribution < 1.29 is 31.7 Å². The summed E-state index contributed by atoms with van der Waals surface area (Å²) in [5, 5.41) is 0. The van der Waals surface area contributed by atoms with Crippen molar-refractivity contribution in [3.63, 3.8) is 0 Å². The van der Waals surface area contributed by atoms with Gasteiger partial charge in [0, 0.05) is 20.0 Å². The van der Waals surface area contributed by atoms with Gasteiger partial charge >= 0.3 is 0 Å². The highest BCUT2D eigenvalue weighted by atomic mass is 32.2. The Kier molecular flexibility index (Phi) is 8.28. The van der Waals surface area contributed by atoms with Crippen LogP contribution in [-0.2, 0) is 30.1 Å². The van der Waals surface area contributed by atoms with Gasteiger partial charge in [-0.1, -0.05) is 6.07 Å². The molecular formula is C20H27O7PS. The molecule has 0 aromatic heterocycles. The maximum atomic E-state index is 12.2. The molecule has 2 aromatic rings. The van der Waals surface area contributed by atoms with Crippen LogP contribution in [0.4, 0.5) is 0 Å². The van der Waals surface area contributed by atoms with Gasteiger partial charge in [-0.05, 0) is 66.8 Å². The number of ether oxygens (including phenoxy) is 3. The Bertz CT molecular complexity index is 963. The molecule has 0 saturated heterocycles. The standard InChI is InChI=1S/C20H27O7PS/c1-14-8-17(25-13-27-28(4)21)9-15(2)18(14)10-16-6-7-19(26-12-24-3)20(11-16)29(5,22)23/h6-9,11,28H,10,12-13H2,1-5H3. The average molecular weight is 442 g/mol. The van der Waals surface area contributed by atoms with Gasteiger partial charge in [0.15, 0.2) is 31.5 Å². The summed E-state index contributed by atoms with van der Waals surface area (Å²) >= 11 is 0. The first-order valence-corrected chi connectivity index (χ1v) is 12.6. The Morgan fingerprint density at radius 1 is 1.00 bits per heavy atom. The molecule has 7 nitrogen and oxygen atoms in total. The quantitative estimate of drug-likeness (QED) is 0.409. The summed E-state index contributed by atoms with van der Waals surface area (Å²) < 4.78 is 56.1. The molecule has 0 heterocycles. The van der Waals surface area contributed by atoms with Gasteiger partial charge in [-0.3, -0.25) is 9.09 Å². The van der Waals surface area contributed by atoms with E-state index in [2.05, 4.69) is 0 Å². The van der Waals surface area contributed by atoms with E-state index < -0.39 is 17.9 Å². The minimum absolute atomic E-state index is 0.0296. The maximum Gasteiger partial charge on any atom is 0.195 e. The Labute approximate surface area is 172 Å². The normalized spacial score (nSPS) is 12.6. The summed E-state index contributed by atoms with van der Waals surface area (Å²) in [6.07, 6.45) is 1.71. The second-order valence-corrected chi connectivity index (χ2v) is 9.97. The minimum Gasteiger partial charge on any atom is -0.467 e. The van der Waals surface area contributed by atoms with Crippen LogP contribution < -0.4 is 9.47 Å². The van der Waals surface area contributed by atoms with E-state index in [1.54, 1.807) is 12.1 Å². The van der Waals surface area contributed by atoms with Crippen molar-refractivity contribution in [3.8, 4) is 11.5 Å². The summed E-state index contributed by atoms with van der Waals surface area (Å²) in [4.78, 5) is 0.134. The van der Waals surface area contributed by atoms with Crippen LogP contribution in [0.1, 0.15) is 22.3 Å². The molecule has 0 aliphatic carbocycles. The summed E-state index contributed by atoms with van der Waals surface area (Å²) in [6.45, 7) is 5.34. The molecule has 0 fully saturated rings. The lowest BCUT2D eigenvalue weighted by atomic mass is 9.96. The van der Waals surface area contributed by atoms with Crippen molar-refractivity contribution in [1.29, 1.82) is 0 Å². The summed E-state index contributed by atoms with van der Waals surface area (Å²) in [5.74, 6) is 0.901. The van der Waals surface area contributed by atoms with E-state index in [0.29, 0.717) is 12.2 Å². The summed E-state index contributed by atoms with van der Waals surface area (Å²) in [7, 11) is -4.03. The highest BCUT2D eigenvalue weighted by Crippen LogP contribution is 2.29. The lowest BCUT2D eigenvalue weighted by molar-refractivity contribution is 0.0490. The minimum atomic E-state index is -3.46. The van der Waals surface area contributed by atoms with Gasteiger partial charge in [-0.15, -0.1) is 0 Å². The van der Waals surface area contributed by atoms with E-state index in [4.69, 9.17) is 18.7 Å². The molecule has 160 valence electrons. The molecule has 0 bridgehead atoms. The van der Waals surface area contributed by atoms with E-state index >= 15 is 0 Å². The highest BCUT2D eigenvalue weighted by molar-refractivity contribution is 7.90. The van der Waals surface area contributed by atoms with Crippen LogP contribution in [0.3, 0.4) is 0 Å². The van der Waals surface area contributed by atoms with Crippen molar-refractivity contribution in [1.82, 2.24) is 0 Å². The van der Waals surface area contributed by atoms with Crippen LogP contribution in [0.5, 0.6) is 11.5 Å². The number of methoxy groups -OCH3 is 1. The zero-order valence-corrected chi connectivity index (χ0v) is 19.1. The van der Waals surface area contributed by atoms with Gasteiger partial charge in [-0.2, -0.15) is 0 Å². The van der Waals surface area contributed by atoms with Crippen LogP contribution in [0.25, 0.3) is 0 Å². The van der Waals surface area contributed by atoms with E-state index in [9.17, 15) is 13.0 Å². The fourth-order valence-corrected chi connectivity index (χ4v) is 3.98. The Balaban J connectivity index is 2.28. The van der Waals surface area contributed by atoms with Gasteiger partial charge in [-0.25, -0.2) is 8.42 Å². The molecule has 0 aliphatic rings. The van der Waals surface area contributed by atoms with Crippen molar-refractivity contribution in [2.75, 3.05) is 33.6 Å². The molecular weight excluding hydrogens is 415 g/mol. The van der Waals surface area contributed by atoms with E-state index in [0.717, 1.165) is 28.5 Å². The molecule has 1 unspecified atom stereocenters. The summed E-state index contributed by atoms with van der Waals surface area (Å²) in [6, 6.07) is 8.89. The Hall–Kier alpha value is -1.86. The number of sulfone groups is 1. The molecule has 0 saturated carbocycles. The molecule has 1 atom stereocenters. The summed E-state index contributed by atoms with van der Waals surface area (Å²) in [5.41, 5.74) is 3.94. The maximum absolute atomic E-state index is 12.2. The van der Waals surface area contributed by atoms with E-state index in [1.807, 2.05) is 32.0 Å². The highest BCUT2D eigenvalue weighted by Gasteiger charge is 2.17. The smallest absolute Gasteiger partial charge is 0.195 e. The first kappa shape index (κ1) is 23.4. The van der Waals surface area contributed by atoms with Crippen LogP contribution in [-0.4, -0.2) is 42.0 Å².